The van der Waals surface area contributed by atoms with E-state index >= 15 is 0 Å². The van der Waals surface area contributed by atoms with E-state index in [1.165, 1.54) is 11.3 Å². The monoisotopic (exact) mass is 260 g/mol. The van der Waals surface area contributed by atoms with Gasteiger partial charge in [-0.25, -0.2) is 0 Å². The van der Waals surface area contributed by atoms with Crippen LogP contribution < -0.4 is 5.73 Å². The first-order valence-corrected chi connectivity index (χ1v) is 6.22. The number of thiophene rings is 1. The first-order valence-electron chi connectivity index (χ1n) is 5.02. The highest BCUT2D eigenvalue weighted by Gasteiger charge is 2.23. The molecule has 0 aliphatic carbocycles. The van der Waals surface area contributed by atoms with Crippen molar-refractivity contribution in [3.63, 3.8) is 0 Å². The summed E-state index contributed by atoms with van der Waals surface area (Å²) < 4.78 is 6.40. The van der Waals surface area contributed by atoms with Crippen LogP contribution in [0.5, 0.6) is 0 Å². The number of hydrogen-bond donors (Lipinski definition) is 1. The number of primary amides is 1. The summed E-state index contributed by atoms with van der Waals surface area (Å²) >= 11 is 7.39. The minimum absolute atomic E-state index is 0.00519. The van der Waals surface area contributed by atoms with Crippen LogP contribution in [0.25, 0.3) is 0 Å². The van der Waals surface area contributed by atoms with Crippen LogP contribution in [0, 0.1) is 0 Å². The largest absolute Gasteiger partial charge is 0.370 e. The molecule has 0 bridgehead atoms. The molecule has 1 aromatic heterocycles. The molecule has 1 amide bonds. The highest BCUT2D eigenvalue weighted by Crippen LogP contribution is 2.30. The van der Waals surface area contributed by atoms with Crippen molar-refractivity contribution in [3.8, 4) is 0 Å². The third kappa shape index (κ3) is 2.95. The van der Waals surface area contributed by atoms with Gasteiger partial charge in [-0.3, -0.25) is 9.69 Å². The lowest BCUT2D eigenvalue weighted by molar-refractivity contribution is -0.121. The number of carbonyl (C=O) groups excluding carboxylic acids is 1. The van der Waals surface area contributed by atoms with Crippen molar-refractivity contribution in [2.24, 2.45) is 5.73 Å². The Kier molecular flexibility index (Phi) is 3.81. The van der Waals surface area contributed by atoms with E-state index in [0.717, 1.165) is 15.8 Å². The standard InChI is InChI=1S/C10H13ClN2O2S/c11-9-2-1-8(16-9)7-5-13(3-4-15-7)6-10(12)14/h1-2,7H,3-6H2,(H2,12,14). The molecule has 1 atom stereocenters. The van der Waals surface area contributed by atoms with Gasteiger partial charge >= 0.3 is 0 Å². The third-order valence-corrected chi connectivity index (χ3v) is 3.76. The van der Waals surface area contributed by atoms with E-state index in [9.17, 15) is 4.79 Å². The van der Waals surface area contributed by atoms with Crippen molar-refractivity contribution in [3.05, 3.63) is 21.3 Å². The van der Waals surface area contributed by atoms with Gasteiger partial charge in [-0.15, -0.1) is 11.3 Å². The number of rotatable bonds is 3. The molecule has 2 N–H and O–H groups in total. The molecule has 1 unspecified atom stereocenters. The summed E-state index contributed by atoms with van der Waals surface area (Å²) in [5, 5.41) is 0. The molecule has 88 valence electrons. The molecule has 0 aromatic carbocycles. The maximum Gasteiger partial charge on any atom is 0.231 e. The fourth-order valence-electron chi connectivity index (χ4n) is 1.74. The second-order valence-corrected chi connectivity index (χ2v) is 5.45. The van der Waals surface area contributed by atoms with E-state index in [2.05, 4.69) is 0 Å². The van der Waals surface area contributed by atoms with Crippen LogP contribution >= 0.6 is 22.9 Å². The number of amides is 1. The Balaban J connectivity index is 1.99. The van der Waals surface area contributed by atoms with E-state index in [1.54, 1.807) is 0 Å². The fraction of sp³-hybridized carbons (Fsp3) is 0.500. The molecule has 1 fully saturated rings. The van der Waals surface area contributed by atoms with E-state index in [-0.39, 0.29) is 12.0 Å². The summed E-state index contributed by atoms with van der Waals surface area (Å²) in [6, 6.07) is 3.82. The van der Waals surface area contributed by atoms with Crippen molar-refractivity contribution in [2.45, 2.75) is 6.10 Å². The Morgan fingerprint density at radius 2 is 2.50 bits per heavy atom. The minimum Gasteiger partial charge on any atom is -0.370 e. The molecule has 16 heavy (non-hydrogen) atoms. The predicted octanol–water partition coefficient (Wildman–Crippen LogP) is 1.26. The van der Waals surface area contributed by atoms with Crippen molar-refractivity contribution in [1.29, 1.82) is 0 Å². The molecule has 6 heteroatoms. The van der Waals surface area contributed by atoms with Crippen LogP contribution in [0.1, 0.15) is 11.0 Å². The van der Waals surface area contributed by atoms with E-state index in [1.807, 2.05) is 17.0 Å². The minimum atomic E-state index is -0.301. The lowest BCUT2D eigenvalue weighted by atomic mass is 10.2. The zero-order valence-corrected chi connectivity index (χ0v) is 10.3. The fourth-order valence-corrected chi connectivity index (χ4v) is 2.84. The van der Waals surface area contributed by atoms with Gasteiger partial charge in [-0.05, 0) is 12.1 Å². The quantitative estimate of drug-likeness (QED) is 0.890. The Morgan fingerprint density at radius 3 is 3.12 bits per heavy atom. The average molecular weight is 261 g/mol. The molecule has 2 heterocycles. The van der Waals surface area contributed by atoms with Crippen molar-refractivity contribution in [1.82, 2.24) is 4.90 Å². The van der Waals surface area contributed by atoms with Gasteiger partial charge in [0.15, 0.2) is 0 Å². The summed E-state index contributed by atoms with van der Waals surface area (Å²) in [5.41, 5.74) is 5.17. The van der Waals surface area contributed by atoms with Gasteiger partial charge in [0.25, 0.3) is 0 Å². The van der Waals surface area contributed by atoms with Crippen molar-refractivity contribution in [2.75, 3.05) is 26.2 Å². The number of nitrogens with zero attached hydrogens (tertiary/aromatic N) is 1. The van der Waals surface area contributed by atoms with Crippen LogP contribution in [-0.2, 0) is 9.53 Å². The lowest BCUT2D eigenvalue weighted by Crippen LogP contribution is -2.42. The molecule has 0 spiro atoms. The van der Waals surface area contributed by atoms with Crippen molar-refractivity contribution >= 4 is 28.8 Å². The van der Waals surface area contributed by atoms with Gasteiger partial charge in [-0.1, -0.05) is 11.6 Å². The number of hydrogen-bond acceptors (Lipinski definition) is 4. The summed E-state index contributed by atoms with van der Waals surface area (Å²) in [6.07, 6.45) is 0.00519. The maximum atomic E-state index is 10.8. The Bertz CT molecular complexity index is 383. The average Bonchev–Trinajstić information content (AvgIpc) is 2.64. The van der Waals surface area contributed by atoms with Gasteiger partial charge in [0.2, 0.25) is 5.91 Å². The molecular weight excluding hydrogens is 248 g/mol. The summed E-state index contributed by atoms with van der Waals surface area (Å²) in [5.74, 6) is -0.301. The third-order valence-electron chi connectivity index (χ3n) is 2.44. The number of nitrogens with two attached hydrogens (primary N) is 1. The molecule has 1 saturated heterocycles. The number of ether oxygens (including phenoxy) is 1. The molecule has 0 saturated carbocycles. The van der Waals surface area contributed by atoms with Gasteiger partial charge in [-0.2, -0.15) is 0 Å². The Labute approximate surface area is 103 Å². The highest BCUT2D eigenvalue weighted by atomic mass is 35.5. The zero-order valence-electron chi connectivity index (χ0n) is 8.69. The molecule has 0 radical (unpaired) electrons. The first-order chi connectivity index (χ1) is 7.65. The maximum absolute atomic E-state index is 10.8. The zero-order chi connectivity index (χ0) is 11.5. The second-order valence-electron chi connectivity index (χ2n) is 3.70. The molecule has 1 aliphatic heterocycles. The SMILES string of the molecule is NC(=O)CN1CCOC(c2ccc(Cl)s2)C1. The first kappa shape index (κ1) is 11.9. The van der Waals surface area contributed by atoms with Crippen molar-refractivity contribution < 1.29 is 9.53 Å². The highest BCUT2D eigenvalue weighted by molar-refractivity contribution is 7.16. The number of halogens is 1. The Hall–Kier alpha value is -0.620. The van der Waals surface area contributed by atoms with Crippen LogP contribution in [0.15, 0.2) is 12.1 Å². The summed E-state index contributed by atoms with van der Waals surface area (Å²) in [4.78, 5) is 13.9. The van der Waals surface area contributed by atoms with Gasteiger partial charge in [0.05, 0.1) is 17.5 Å². The molecular formula is C10H13ClN2O2S. The van der Waals surface area contributed by atoms with Crippen LogP contribution in [0.2, 0.25) is 4.34 Å². The Morgan fingerprint density at radius 1 is 1.69 bits per heavy atom. The summed E-state index contributed by atoms with van der Waals surface area (Å²) in [6.45, 7) is 2.35. The molecule has 1 aliphatic rings. The number of carbonyl (C=O) groups is 1. The second kappa shape index (κ2) is 5.14. The van der Waals surface area contributed by atoms with Crippen LogP contribution in [0.3, 0.4) is 0 Å². The van der Waals surface area contributed by atoms with E-state index in [4.69, 9.17) is 22.1 Å². The van der Waals surface area contributed by atoms with Gasteiger partial charge in [0.1, 0.15) is 6.10 Å². The molecule has 4 nitrogen and oxygen atoms in total. The van der Waals surface area contributed by atoms with Gasteiger partial charge < -0.3 is 10.5 Å². The molecule has 2 rings (SSSR count). The van der Waals surface area contributed by atoms with E-state index in [0.29, 0.717) is 19.7 Å². The van der Waals surface area contributed by atoms with Gasteiger partial charge in [0, 0.05) is 18.0 Å². The van der Waals surface area contributed by atoms with Crippen LogP contribution in [-0.4, -0.2) is 37.0 Å². The topological polar surface area (TPSA) is 55.6 Å². The normalized spacial score (nSPS) is 22.2. The van der Waals surface area contributed by atoms with E-state index < -0.39 is 0 Å². The lowest BCUT2D eigenvalue weighted by Gasteiger charge is -2.31. The smallest absolute Gasteiger partial charge is 0.231 e. The van der Waals surface area contributed by atoms with Crippen LogP contribution in [0.4, 0.5) is 0 Å². The number of morpholine rings is 1. The molecule has 1 aromatic rings. The summed E-state index contributed by atoms with van der Waals surface area (Å²) in [7, 11) is 0. The predicted molar refractivity (Wildman–Crippen MR) is 63.7 cm³/mol.